The van der Waals surface area contributed by atoms with E-state index in [-0.39, 0.29) is 33.1 Å². The minimum atomic E-state index is -0.921. The summed E-state index contributed by atoms with van der Waals surface area (Å²) in [5, 5.41) is 4.72. The Hall–Kier alpha value is -3.75. The maximum Gasteiger partial charge on any atom is 2.00 e. The molecule has 37 heavy (non-hydrogen) atoms. The molecule has 0 spiro atoms. The molecule has 186 valence electrons. The molecule has 0 atom stereocenters. The molecule has 0 aromatic heterocycles. The van der Waals surface area contributed by atoms with E-state index in [2.05, 4.69) is 10.6 Å². The first-order valence-corrected chi connectivity index (χ1v) is 10.6. The van der Waals surface area contributed by atoms with Crippen LogP contribution < -0.4 is 10.6 Å². The van der Waals surface area contributed by atoms with Crippen molar-refractivity contribution >= 4 is 23.2 Å². The topological polar surface area (TPSA) is 58.2 Å². The molecule has 4 nitrogen and oxygen atoms in total. The predicted octanol–water partition coefficient (Wildman–Crippen LogP) is 6.65. The van der Waals surface area contributed by atoms with Crippen molar-refractivity contribution in [2.75, 3.05) is 10.6 Å². The first kappa shape index (κ1) is 29.5. The van der Waals surface area contributed by atoms with Crippen molar-refractivity contribution < 1.29 is 48.9 Å². The van der Waals surface area contributed by atoms with Crippen molar-refractivity contribution in [3.05, 3.63) is 130 Å². The SMILES string of the molecule is Cc1ccc(C(=O)Nc2ccc(F)[c-]c2F)cc1.Cc1ccc(C(=O)Nc2ccc(F)[c-]c2F)cc1.[Ti+2]. The molecule has 0 saturated heterocycles. The quantitative estimate of drug-likeness (QED) is 0.173. The maximum absolute atomic E-state index is 13.3. The van der Waals surface area contributed by atoms with Gasteiger partial charge < -0.3 is 10.6 Å². The Bertz CT molecular complexity index is 1270. The van der Waals surface area contributed by atoms with E-state index >= 15 is 0 Å². The molecule has 0 fully saturated rings. The van der Waals surface area contributed by atoms with Gasteiger partial charge in [0.15, 0.2) is 0 Å². The van der Waals surface area contributed by atoms with Gasteiger partial charge in [-0.25, -0.2) is 17.6 Å². The summed E-state index contributed by atoms with van der Waals surface area (Å²) >= 11 is 0. The number of halogens is 4. The van der Waals surface area contributed by atoms with E-state index in [1.165, 1.54) is 0 Å². The van der Waals surface area contributed by atoms with E-state index in [0.717, 1.165) is 35.4 Å². The van der Waals surface area contributed by atoms with Crippen LogP contribution in [0.4, 0.5) is 28.9 Å². The molecular formula is C28H20F4N2O2Ti. The third-order valence-corrected chi connectivity index (χ3v) is 4.85. The third kappa shape index (κ3) is 8.70. The average molecular weight is 540 g/mol. The molecule has 0 aliphatic heterocycles. The Morgan fingerprint density at radius 2 is 0.892 bits per heavy atom. The largest absolute Gasteiger partial charge is 2.00 e. The van der Waals surface area contributed by atoms with Gasteiger partial charge in [0.05, 0.1) is 0 Å². The Kier molecular flexibility index (Phi) is 10.8. The van der Waals surface area contributed by atoms with Crippen molar-refractivity contribution in [3.8, 4) is 0 Å². The van der Waals surface area contributed by atoms with Gasteiger partial charge in [0.1, 0.15) is 0 Å². The summed E-state index contributed by atoms with van der Waals surface area (Å²) in [6, 6.07) is 21.8. The third-order valence-electron chi connectivity index (χ3n) is 4.85. The molecule has 0 aliphatic carbocycles. The van der Waals surface area contributed by atoms with E-state index in [9.17, 15) is 27.2 Å². The molecule has 0 unspecified atom stereocenters. The number of aryl methyl sites for hydroxylation is 2. The van der Waals surface area contributed by atoms with Crippen LogP contribution >= 0.6 is 0 Å². The molecule has 4 aromatic carbocycles. The second-order valence-corrected chi connectivity index (χ2v) is 7.71. The maximum atomic E-state index is 13.3. The first-order chi connectivity index (χ1) is 17.1. The normalized spacial score (nSPS) is 9.89. The van der Waals surface area contributed by atoms with Crippen molar-refractivity contribution in [2.24, 2.45) is 0 Å². The monoisotopic (exact) mass is 540 g/mol. The summed E-state index contributed by atoms with van der Waals surface area (Å²) in [6.07, 6.45) is 0. The Morgan fingerprint density at radius 3 is 1.19 bits per heavy atom. The number of hydrogen-bond donors (Lipinski definition) is 2. The minimum Gasteiger partial charge on any atom is -0.373 e. The standard InChI is InChI=1S/2C14H10F2NO.Ti/c2*1-9-2-4-10(5-3-9)14(18)17-13-7-6-11(15)8-12(13)16;/h2*2-7H,1H3,(H,17,18);/q2*-1;+2. The first-order valence-electron chi connectivity index (χ1n) is 10.6. The Morgan fingerprint density at radius 1 is 0.568 bits per heavy atom. The number of carbonyl (C=O) groups excluding carboxylic acids is 2. The van der Waals surface area contributed by atoms with Crippen LogP contribution in [0.1, 0.15) is 31.8 Å². The summed E-state index contributed by atoms with van der Waals surface area (Å²) < 4.78 is 51.8. The average Bonchev–Trinajstić information content (AvgIpc) is 2.84. The van der Waals surface area contributed by atoms with E-state index in [4.69, 9.17) is 0 Å². The van der Waals surface area contributed by atoms with Gasteiger partial charge in [0, 0.05) is 34.4 Å². The molecule has 0 saturated carbocycles. The fourth-order valence-electron chi connectivity index (χ4n) is 2.88. The van der Waals surface area contributed by atoms with Crippen molar-refractivity contribution in [1.29, 1.82) is 0 Å². The number of nitrogens with one attached hydrogen (secondary N) is 2. The summed E-state index contributed by atoms with van der Waals surface area (Å²) in [5.74, 6) is -4.35. The van der Waals surface area contributed by atoms with E-state index in [1.54, 1.807) is 48.5 Å². The van der Waals surface area contributed by atoms with Crippen molar-refractivity contribution in [2.45, 2.75) is 13.8 Å². The van der Waals surface area contributed by atoms with E-state index < -0.39 is 35.1 Å². The number of amides is 2. The van der Waals surface area contributed by atoms with Crippen LogP contribution in [0.5, 0.6) is 0 Å². The molecular weight excluding hydrogens is 520 g/mol. The van der Waals surface area contributed by atoms with Gasteiger partial charge in [-0.2, -0.15) is 0 Å². The molecule has 4 aromatic rings. The molecule has 2 N–H and O–H groups in total. The zero-order chi connectivity index (χ0) is 26.2. The van der Waals surface area contributed by atoms with Gasteiger partial charge in [-0.05, 0) is 49.5 Å². The van der Waals surface area contributed by atoms with Gasteiger partial charge in [-0.15, -0.1) is 36.4 Å². The van der Waals surface area contributed by atoms with Gasteiger partial charge in [-0.1, -0.05) is 35.4 Å². The molecule has 0 heterocycles. The summed E-state index contributed by atoms with van der Waals surface area (Å²) in [6.45, 7) is 3.80. The van der Waals surface area contributed by atoms with Crippen LogP contribution in [-0.2, 0) is 21.7 Å². The number of rotatable bonds is 4. The smallest absolute Gasteiger partial charge is 0.373 e. The number of hydrogen-bond acceptors (Lipinski definition) is 2. The van der Waals surface area contributed by atoms with Crippen LogP contribution in [0.25, 0.3) is 0 Å². The second-order valence-electron chi connectivity index (χ2n) is 7.71. The van der Waals surface area contributed by atoms with Gasteiger partial charge in [0.2, 0.25) is 11.8 Å². The summed E-state index contributed by atoms with van der Waals surface area (Å²) in [5.41, 5.74) is 2.67. The van der Waals surface area contributed by atoms with Crippen LogP contribution in [0.15, 0.2) is 72.8 Å². The number of anilines is 2. The number of benzene rings is 4. The summed E-state index contributed by atoms with van der Waals surface area (Å²) in [4.78, 5) is 23.6. The van der Waals surface area contributed by atoms with Crippen LogP contribution in [0.3, 0.4) is 0 Å². The molecule has 4 rings (SSSR count). The van der Waals surface area contributed by atoms with Gasteiger partial charge in [-0.3, -0.25) is 9.59 Å². The van der Waals surface area contributed by atoms with Gasteiger partial charge >= 0.3 is 21.7 Å². The van der Waals surface area contributed by atoms with Crippen LogP contribution in [-0.4, -0.2) is 11.8 Å². The second kappa shape index (κ2) is 13.5. The molecule has 2 amide bonds. The van der Waals surface area contributed by atoms with E-state index in [1.807, 2.05) is 26.0 Å². The summed E-state index contributed by atoms with van der Waals surface area (Å²) in [7, 11) is 0. The minimum absolute atomic E-state index is 0. The van der Waals surface area contributed by atoms with Crippen molar-refractivity contribution in [3.63, 3.8) is 0 Å². The Labute approximate surface area is 226 Å². The fourth-order valence-corrected chi connectivity index (χ4v) is 2.88. The molecule has 0 radical (unpaired) electrons. The zero-order valence-corrected chi connectivity index (χ0v) is 21.3. The van der Waals surface area contributed by atoms with Gasteiger partial charge in [0.25, 0.3) is 0 Å². The molecule has 0 bridgehead atoms. The predicted molar refractivity (Wildman–Crippen MR) is 129 cm³/mol. The fraction of sp³-hybridized carbons (Fsp3) is 0.0714. The number of carbonyl (C=O) groups is 2. The molecule has 9 heteroatoms. The van der Waals surface area contributed by atoms with E-state index in [0.29, 0.717) is 11.1 Å². The molecule has 0 aliphatic rings. The van der Waals surface area contributed by atoms with Crippen LogP contribution in [0, 0.1) is 49.2 Å². The Balaban J connectivity index is 0.000000253. The van der Waals surface area contributed by atoms with Crippen molar-refractivity contribution in [1.82, 2.24) is 0 Å². The van der Waals surface area contributed by atoms with Crippen LogP contribution in [0.2, 0.25) is 0 Å². The zero-order valence-electron chi connectivity index (χ0n) is 19.8.